The molecule has 1 unspecified atom stereocenters. The number of rotatable bonds is 7. The van der Waals surface area contributed by atoms with Gasteiger partial charge in [0.1, 0.15) is 0 Å². The number of carbonyl (C=O) groups is 1. The first-order valence-electron chi connectivity index (χ1n) is 9.99. The molecule has 5 heteroatoms. The highest BCUT2D eigenvalue weighted by atomic mass is 28.4. The van der Waals surface area contributed by atoms with Crippen LogP contribution in [0.25, 0.3) is 0 Å². The smallest absolute Gasteiger partial charge is 0.219 e. The molecule has 0 N–H and O–H groups in total. The first kappa shape index (κ1) is 21.4. The van der Waals surface area contributed by atoms with Crippen molar-refractivity contribution in [1.29, 1.82) is 0 Å². The molecule has 1 saturated heterocycles. The lowest BCUT2D eigenvalue weighted by molar-refractivity contribution is -0.273. The van der Waals surface area contributed by atoms with E-state index < -0.39 is 14.1 Å². The quantitative estimate of drug-likeness (QED) is 0.432. The predicted octanol–water partition coefficient (Wildman–Crippen LogP) is 5.50. The van der Waals surface area contributed by atoms with E-state index in [1.54, 1.807) is 0 Å². The maximum atomic E-state index is 12.0. The molecule has 2 aliphatic rings. The summed E-state index contributed by atoms with van der Waals surface area (Å²) in [6.45, 7) is 17.6. The highest BCUT2D eigenvalue weighted by Crippen LogP contribution is 2.46. The third kappa shape index (κ3) is 4.32. The zero-order valence-electron chi connectivity index (χ0n) is 17.3. The second-order valence-electron chi connectivity index (χ2n) is 8.74. The van der Waals surface area contributed by atoms with Gasteiger partial charge in [0.15, 0.2) is 5.78 Å². The summed E-state index contributed by atoms with van der Waals surface area (Å²) < 4.78 is 19.1. The molecule has 3 atom stereocenters. The molecule has 0 bridgehead atoms. The molecule has 2 rings (SSSR count). The van der Waals surface area contributed by atoms with Crippen LogP contribution in [0.4, 0.5) is 0 Å². The van der Waals surface area contributed by atoms with E-state index in [-0.39, 0.29) is 24.4 Å². The third-order valence-electron chi connectivity index (χ3n) is 5.93. The molecule has 2 aliphatic heterocycles. The minimum atomic E-state index is -2.00. The van der Waals surface area contributed by atoms with Gasteiger partial charge in [-0.1, -0.05) is 47.6 Å². The van der Waals surface area contributed by atoms with E-state index in [0.29, 0.717) is 23.0 Å². The van der Waals surface area contributed by atoms with Crippen LogP contribution < -0.4 is 0 Å². The number of ether oxygens (including phenoxy) is 2. The van der Waals surface area contributed by atoms with E-state index in [2.05, 4.69) is 48.1 Å². The summed E-state index contributed by atoms with van der Waals surface area (Å²) in [6.07, 6.45) is 7.30. The Hall–Kier alpha value is -0.913. The Labute approximate surface area is 160 Å². The average molecular weight is 381 g/mol. The summed E-state index contributed by atoms with van der Waals surface area (Å²) in [5.41, 5.74) is 1.56. The van der Waals surface area contributed by atoms with Gasteiger partial charge in [-0.05, 0) is 29.5 Å². The van der Waals surface area contributed by atoms with Gasteiger partial charge in [-0.2, -0.15) is 0 Å². The molecule has 0 saturated carbocycles. The standard InChI is InChI=1S/C21H36O4Si/c1-8-9-19-12-20(14-21(24-19)13-18(22)10-11-23-21)25-26(15(2)3,16(4)5)17(6)7/h8,10-11,15-17,19-20H,1,9,12-14H2,2-7H3/t19-,20?,21+/m0/s1. The molecule has 148 valence electrons. The average Bonchev–Trinajstić information content (AvgIpc) is 2.51. The van der Waals surface area contributed by atoms with E-state index in [9.17, 15) is 4.79 Å². The van der Waals surface area contributed by atoms with Crippen molar-refractivity contribution in [2.75, 3.05) is 0 Å². The zero-order valence-corrected chi connectivity index (χ0v) is 18.3. The van der Waals surface area contributed by atoms with Crippen LogP contribution in [0.5, 0.6) is 0 Å². The molecule has 0 aromatic heterocycles. The topological polar surface area (TPSA) is 44.8 Å². The van der Waals surface area contributed by atoms with Crippen LogP contribution in [0.2, 0.25) is 16.6 Å². The van der Waals surface area contributed by atoms with Crippen molar-refractivity contribution < 1.29 is 18.7 Å². The molecule has 4 nitrogen and oxygen atoms in total. The number of hydrogen-bond acceptors (Lipinski definition) is 4. The fourth-order valence-electron chi connectivity index (χ4n) is 5.03. The van der Waals surface area contributed by atoms with Gasteiger partial charge in [0.2, 0.25) is 14.1 Å². The highest BCUT2D eigenvalue weighted by molar-refractivity contribution is 6.77. The molecule has 0 amide bonds. The van der Waals surface area contributed by atoms with E-state index in [1.165, 1.54) is 12.3 Å². The van der Waals surface area contributed by atoms with Crippen molar-refractivity contribution in [2.24, 2.45) is 0 Å². The number of allylic oxidation sites excluding steroid dienone is 1. The van der Waals surface area contributed by atoms with Gasteiger partial charge in [-0.25, -0.2) is 0 Å². The third-order valence-corrected chi connectivity index (χ3v) is 12.1. The lowest BCUT2D eigenvalue weighted by Gasteiger charge is -2.49. The molecule has 1 fully saturated rings. The Morgan fingerprint density at radius 2 is 1.88 bits per heavy atom. The van der Waals surface area contributed by atoms with Gasteiger partial charge in [-0.15, -0.1) is 6.58 Å². The van der Waals surface area contributed by atoms with Crippen molar-refractivity contribution in [1.82, 2.24) is 0 Å². The Kier molecular flexibility index (Phi) is 6.91. The minimum absolute atomic E-state index is 0.0243. The van der Waals surface area contributed by atoms with Gasteiger partial charge in [0.25, 0.3) is 0 Å². The fourth-order valence-corrected chi connectivity index (χ4v) is 10.6. The van der Waals surface area contributed by atoms with Crippen LogP contribution in [-0.4, -0.2) is 32.1 Å². The number of hydrogen-bond donors (Lipinski definition) is 0. The maximum absolute atomic E-state index is 12.0. The predicted molar refractivity (Wildman–Crippen MR) is 107 cm³/mol. The summed E-state index contributed by atoms with van der Waals surface area (Å²) in [5, 5.41) is 0. The van der Waals surface area contributed by atoms with Gasteiger partial charge in [0.05, 0.1) is 24.9 Å². The van der Waals surface area contributed by atoms with Crippen LogP contribution in [-0.2, 0) is 18.7 Å². The van der Waals surface area contributed by atoms with Crippen LogP contribution in [0.15, 0.2) is 25.0 Å². The summed E-state index contributed by atoms with van der Waals surface area (Å²) in [6, 6.07) is 0. The number of carbonyl (C=O) groups excluding carboxylic acids is 1. The van der Waals surface area contributed by atoms with Crippen molar-refractivity contribution in [2.45, 2.75) is 102 Å². The largest absolute Gasteiger partial charge is 0.469 e. The van der Waals surface area contributed by atoms with Crippen LogP contribution in [0.3, 0.4) is 0 Å². The van der Waals surface area contributed by atoms with Crippen molar-refractivity contribution in [3.8, 4) is 0 Å². The number of ketones is 1. The van der Waals surface area contributed by atoms with Crippen LogP contribution >= 0.6 is 0 Å². The summed E-state index contributed by atoms with van der Waals surface area (Å²) in [5.74, 6) is -0.831. The molecular formula is C21H36O4Si. The Morgan fingerprint density at radius 3 is 2.38 bits per heavy atom. The summed E-state index contributed by atoms with van der Waals surface area (Å²) in [7, 11) is -2.00. The minimum Gasteiger partial charge on any atom is -0.469 e. The normalized spacial score (nSPS) is 29.7. The molecule has 0 aliphatic carbocycles. The molecule has 0 aromatic carbocycles. The van der Waals surface area contributed by atoms with E-state index in [1.807, 2.05) is 6.08 Å². The zero-order chi connectivity index (χ0) is 19.5. The first-order valence-corrected chi connectivity index (χ1v) is 12.1. The van der Waals surface area contributed by atoms with Gasteiger partial charge in [-0.3, -0.25) is 4.79 Å². The van der Waals surface area contributed by atoms with E-state index >= 15 is 0 Å². The van der Waals surface area contributed by atoms with Crippen molar-refractivity contribution >= 4 is 14.1 Å². The molecule has 2 heterocycles. The van der Waals surface area contributed by atoms with Crippen molar-refractivity contribution in [3.05, 3.63) is 25.0 Å². The molecule has 0 aromatic rings. The van der Waals surface area contributed by atoms with E-state index in [4.69, 9.17) is 13.9 Å². The lowest BCUT2D eigenvalue weighted by atomic mass is 9.92. The summed E-state index contributed by atoms with van der Waals surface area (Å²) in [4.78, 5) is 12.0. The summed E-state index contributed by atoms with van der Waals surface area (Å²) >= 11 is 0. The monoisotopic (exact) mass is 380 g/mol. The Morgan fingerprint density at radius 1 is 1.27 bits per heavy atom. The SMILES string of the molecule is C=CC[C@H]1CC(O[Si](C(C)C)(C(C)C)C(C)C)C[C@@]2(CC(=O)C=CO2)O1. The second-order valence-corrected chi connectivity index (χ2v) is 14.1. The highest BCUT2D eigenvalue weighted by Gasteiger charge is 2.51. The van der Waals surface area contributed by atoms with E-state index in [0.717, 1.165) is 12.8 Å². The van der Waals surface area contributed by atoms with Crippen LogP contribution in [0, 0.1) is 0 Å². The van der Waals surface area contributed by atoms with Crippen LogP contribution in [0.1, 0.15) is 67.2 Å². The van der Waals surface area contributed by atoms with Gasteiger partial charge >= 0.3 is 0 Å². The maximum Gasteiger partial charge on any atom is 0.219 e. The Balaban J connectivity index is 2.29. The molecule has 26 heavy (non-hydrogen) atoms. The molecule has 1 spiro atoms. The van der Waals surface area contributed by atoms with Crippen molar-refractivity contribution in [3.63, 3.8) is 0 Å². The van der Waals surface area contributed by atoms with Gasteiger partial charge < -0.3 is 13.9 Å². The second kappa shape index (κ2) is 8.40. The fraction of sp³-hybridized carbons (Fsp3) is 0.762. The molecular weight excluding hydrogens is 344 g/mol. The molecule has 0 radical (unpaired) electrons. The Bertz CT molecular complexity index is 518. The van der Waals surface area contributed by atoms with Gasteiger partial charge in [0, 0.05) is 12.5 Å². The first-order chi connectivity index (χ1) is 12.1. The lowest BCUT2D eigenvalue weighted by Crippen LogP contribution is -2.56.